The highest BCUT2D eigenvalue weighted by Crippen LogP contribution is 2.34. The van der Waals surface area contributed by atoms with Gasteiger partial charge in [0.25, 0.3) is 5.56 Å². The zero-order valence-corrected chi connectivity index (χ0v) is 15.8. The molecule has 1 fully saturated rings. The molecule has 2 heterocycles. The smallest absolute Gasteiger partial charge is 0.285 e. The van der Waals surface area contributed by atoms with E-state index in [0.717, 1.165) is 42.1 Å². The second kappa shape index (κ2) is 6.73. The van der Waals surface area contributed by atoms with Crippen LogP contribution in [0.2, 0.25) is 0 Å². The average molecular weight is 346 g/mol. The number of likely N-dealkylation sites (tertiary alicyclic amines) is 1. The summed E-state index contributed by atoms with van der Waals surface area (Å²) in [5, 5.41) is 3.58. The van der Waals surface area contributed by atoms with E-state index < -0.39 is 0 Å². The molecule has 0 atom stereocenters. The third-order valence-corrected chi connectivity index (χ3v) is 6.04. The van der Waals surface area contributed by atoms with Crippen LogP contribution in [0.1, 0.15) is 33.6 Å². The minimum absolute atomic E-state index is 0.102. The van der Waals surface area contributed by atoms with Crippen molar-refractivity contribution in [2.24, 2.45) is 0 Å². The number of nitrogens with zero attached hydrogens (tertiary/aromatic N) is 2. The highest BCUT2D eigenvalue weighted by Gasteiger charge is 2.26. The molecule has 0 aliphatic carbocycles. The van der Waals surface area contributed by atoms with Crippen LogP contribution < -0.4 is 10.9 Å². The lowest BCUT2D eigenvalue weighted by molar-refractivity contribution is 0.264. The van der Waals surface area contributed by atoms with E-state index in [-0.39, 0.29) is 11.1 Å². The fraction of sp³-hybridized carbons (Fsp3) is 0.526. The SMILES string of the molecule is CN1CCC(Nc2c(-c3ccccc3)sn(C(C)(C)C)c2=O)CC1. The Balaban J connectivity index is 2.00. The summed E-state index contributed by atoms with van der Waals surface area (Å²) in [6.45, 7) is 8.41. The number of nitrogens with one attached hydrogen (secondary N) is 1. The van der Waals surface area contributed by atoms with Gasteiger partial charge in [-0.05, 0) is 59.3 Å². The van der Waals surface area contributed by atoms with Gasteiger partial charge in [0.1, 0.15) is 5.69 Å². The summed E-state index contributed by atoms with van der Waals surface area (Å²) in [5.74, 6) is 0. The van der Waals surface area contributed by atoms with E-state index in [9.17, 15) is 4.79 Å². The fourth-order valence-corrected chi connectivity index (χ4v) is 4.20. The van der Waals surface area contributed by atoms with Gasteiger partial charge in [-0.3, -0.25) is 8.75 Å². The van der Waals surface area contributed by atoms with E-state index in [1.54, 1.807) is 11.5 Å². The number of rotatable bonds is 3. The Morgan fingerprint density at radius 2 is 1.75 bits per heavy atom. The first-order valence-corrected chi connectivity index (χ1v) is 9.41. The summed E-state index contributed by atoms with van der Waals surface area (Å²) in [4.78, 5) is 16.4. The molecule has 1 aliphatic heterocycles. The molecule has 0 unspecified atom stereocenters. The summed E-state index contributed by atoms with van der Waals surface area (Å²) in [5.41, 5.74) is 1.77. The van der Waals surface area contributed by atoms with Gasteiger partial charge in [-0.1, -0.05) is 41.9 Å². The van der Waals surface area contributed by atoms with Gasteiger partial charge in [0, 0.05) is 6.04 Å². The second-order valence-electron chi connectivity index (χ2n) is 7.65. The lowest BCUT2D eigenvalue weighted by Gasteiger charge is -2.29. The number of piperidine rings is 1. The van der Waals surface area contributed by atoms with Crippen molar-refractivity contribution in [2.75, 3.05) is 25.5 Å². The minimum Gasteiger partial charge on any atom is -0.377 e. The van der Waals surface area contributed by atoms with Crippen molar-refractivity contribution in [3.05, 3.63) is 40.7 Å². The Labute approximate surface area is 148 Å². The van der Waals surface area contributed by atoms with Crippen molar-refractivity contribution in [1.82, 2.24) is 8.86 Å². The van der Waals surface area contributed by atoms with Crippen LogP contribution in [-0.2, 0) is 5.54 Å². The van der Waals surface area contributed by atoms with Gasteiger partial charge in [-0.15, -0.1) is 0 Å². The first-order valence-electron chi connectivity index (χ1n) is 8.63. The van der Waals surface area contributed by atoms with Crippen LogP contribution in [0.4, 0.5) is 5.69 Å². The van der Waals surface area contributed by atoms with E-state index in [2.05, 4.69) is 50.2 Å². The van der Waals surface area contributed by atoms with E-state index in [0.29, 0.717) is 6.04 Å². The molecule has 130 valence electrons. The third kappa shape index (κ3) is 3.57. The summed E-state index contributed by atoms with van der Waals surface area (Å²) in [6.07, 6.45) is 2.16. The molecule has 0 radical (unpaired) electrons. The zero-order chi connectivity index (χ0) is 17.3. The summed E-state index contributed by atoms with van der Waals surface area (Å²) < 4.78 is 1.90. The molecule has 24 heavy (non-hydrogen) atoms. The molecule has 4 nitrogen and oxygen atoms in total. The number of benzene rings is 1. The van der Waals surface area contributed by atoms with Crippen LogP contribution in [0.15, 0.2) is 35.1 Å². The Bertz CT molecular complexity index is 734. The molecule has 1 aliphatic rings. The average Bonchev–Trinajstić information content (AvgIpc) is 2.87. The van der Waals surface area contributed by atoms with Crippen LogP contribution in [-0.4, -0.2) is 35.0 Å². The molecule has 3 rings (SSSR count). The highest BCUT2D eigenvalue weighted by molar-refractivity contribution is 7.11. The molecular weight excluding hydrogens is 318 g/mol. The number of hydrogen-bond donors (Lipinski definition) is 1. The molecule has 0 spiro atoms. The van der Waals surface area contributed by atoms with Crippen LogP contribution in [0, 0.1) is 0 Å². The molecule has 1 aromatic carbocycles. The lowest BCUT2D eigenvalue weighted by atomic mass is 10.0. The van der Waals surface area contributed by atoms with E-state index in [1.165, 1.54) is 0 Å². The Kier molecular flexibility index (Phi) is 4.83. The van der Waals surface area contributed by atoms with E-state index >= 15 is 0 Å². The van der Waals surface area contributed by atoms with Gasteiger partial charge in [0.05, 0.1) is 10.4 Å². The molecule has 1 N–H and O–H groups in total. The van der Waals surface area contributed by atoms with E-state index in [1.807, 2.05) is 22.2 Å². The van der Waals surface area contributed by atoms with Gasteiger partial charge in [-0.25, -0.2) is 0 Å². The second-order valence-corrected chi connectivity index (χ2v) is 8.61. The van der Waals surface area contributed by atoms with Crippen LogP contribution in [0.25, 0.3) is 10.4 Å². The van der Waals surface area contributed by atoms with Gasteiger partial charge in [0.2, 0.25) is 0 Å². The molecule has 0 saturated carbocycles. The highest BCUT2D eigenvalue weighted by atomic mass is 32.1. The summed E-state index contributed by atoms with van der Waals surface area (Å²) in [6, 6.07) is 10.6. The first-order chi connectivity index (χ1) is 11.4. The van der Waals surface area contributed by atoms with Gasteiger partial charge in [0.15, 0.2) is 0 Å². The van der Waals surface area contributed by atoms with Crippen molar-refractivity contribution in [3.63, 3.8) is 0 Å². The van der Waals surface area contributed by atoms with Crippen molar-refractivity contribution < 1.29 is 0 Å². The quantitative estimate of drug-likeness (QED) is 0.918. The van der Waals surface area contributed by atoms with Crippen molar-refractivity contribution in [2.45, 2.75) is 45.2 Å². The Morgan fingerprint density at radius 1 is 1.12 bits per heavy atom. The predicted octanol–water partition coefficient (Wildman–Crippen LogP) is 3.84. The largest absolute Gasteiger partial charge is 0.377 e. The molecule has 1 saturated heterocycles. The van der Waals surface area contributed by atoms with Crippen molar-refractivity contribution in [3.8, 4) is 10.4 Å². The maximum atomic E-state index is 13.0. The molecule has 5 heteroatoms. The van der Waals surface area contributed by atoms with Gasteiger partial charge >= 0.3 is 0 Å². The molecule has 1 aromatic heterocycles. The Morgan fingerprint density at radius 3 is 2.33 bits per heavy atom. The zero-order valence-electron chi connectivity index (χ0n) is 15.0. The maximum absolute atomic E-state index is 13.0. The minimum atomic E-state index is -0.210. The van der Waals surface area contributed by atoms with Crippen molar-refractivity contribution in [1.29, 1.82) is 0 Å². The number of anilines is 1. The topological polar surface area (TPSA) is 37.3 Å². The number of hydrogen-bond acceptors (Lipinski definition) is 4. The summed E-state index contributed by atoms with van der Waals surface area (Å²) in [7, 11) is 2.16. The molecular formula is C19H27N3OS. The standard InChI is InChI=1S/C19H27N3OS/c1-19(2,3)22-18(23)16(20-15-10-12-21(4)13-11-15)17(24-22)14-8-6-5-7-9-14/h5-9,15,20H,10-13H2,1-4H3. The maximum Gasteiger partial charge on any atom is 0.285 e. The number of aromatic nitrogens is 1. The van der Waals surface area contributed by atoms with Crippen molar-refractivity contribution >= 4 is 17.2 Å². The molecule has 0 bridgehead atoms. The monoisotopic (exact) mass is 345 g/mol. The first kappa shape index (κ1) is 17.2. The fourth-order valence-electron chi connectivity index (χ4n) is 3.09. The van der Waals surface area contributed by atoms with Crippen LogP contribution in [0.5, 0.6) is 0 Å². The van der Waals surface area contributed by atoms with E-state index in [4.69, 9.17) is 0 Å². The predicted molar refractivity (Wildman–Crippen MR) is 103 cm³/mol. The summed E-state index contributed by atoms with van der Waals surface area (Å²) >= 11 is 1.57. The van der Waals surface area contributed by atoms with Crippen LogP contribution >= 0.6 is 11.5 Å². The molecule has 2 aromatic rings. The van der Waals surface area contributed by atoms with Gasteiger partial charge in [-0.2, -0.15) is 0 Å². The third-order valence-electron chi connectivity index (χ3n) is 4.52. The normalized spacial score (nSPS) is 17.2. The molecule has 0 amide bonds. The van der Waals surface area contributed by atoms with Gasteiger partial charge < -0.3 is 10.2 Å². The lowest BCUT2D eigenvalue weighted by Crippen LogP contribution is -2.38. The Hall–Kier alpha value is -1.59. The van der Waals surface area contributed by atoms with Crippen LogP contribution in [0.3, 0.4) is 0 Å².